The normalized spacial score (nSPS) is 11.2. The molecule has 0 N–H and O–H groups in total. The SMILES string of the molecule is Fc1cc(Br)cc2c(Cl)nc(-c3sccc3Cl)nc12. The maximum absolute atomic E-state index is 13.9. The Morgan fingerprint density at radius 3 is 2.68 bits per heavy atom. The van der Waals surface area contributed by atoms with Crippen LogP contribution in [0.2, 0.25) is 10.2 Å². The van der Waals surface area contributed by atoms with Gasteiger partial charge in [-0.05, 0) is 23.6 Å². The Morgan fingerprint density at radius 1 is 1.21 bits per heavy atom. The number of thiophene rings is 1. The first kappa shape index (κ1) is 13.2. The molecule has 19 heavy (non-hydrogen) atoms. The number of hydrogen-bond donors (Lipinski definition) is 0. The van der Waals surface area contributed by atoms with Crippen LogP contribution in [0.5, 0.6) is 0 Å². The number of halogens is 4. The van der Waals surface area contributed by atoms with E-state index >= 15 is 0 Å². The molecule has 96 valence electrons. The Bertz CT molecular complexity index is 791. The molecule has 3 aromatic rings. The fraction of sp³-hybridized carbons (Fsp3) is 0. The maximum atomic E-state index is 13.9. The van der Waals surface area contributed by atoms with Crippen LogP contribution in [0, 0.1) is 5.82 Å². The van der Waals surface area contributed by atoms with Crippen LogP contribution in [0.25, 0.3) is 21.6 Å². The van der Waals surface area contributed by atoms with E-state index < -0.39 is 5.82 Å². The lowest BCUT2D eigenvalue weighted by atomic mass is 10.2. The summed E-state index contributed by atoms with van der Waals surface area (Å²) in [4.78, 5) is 9.07. The van der Waals surface area contributed by atoms with Crippen LogP contribution >= 0.6 is 50.5 Å². The first-order valence-corrected chi connectivity index (χ1v) is 7.55. The summed E-state index contributed by atoms with van der Waals surface area (Å²) in [6, 6.07) is 4.76. The van der Waals surface area contributed by atoms with Crippen molar-refractivity contribution >= 4 is 61.4 Å². The lowest BCUT2D eigenvalue weighted by Gasteiger charge is -2.05. The third-order valence-corrected chi connectivity index (χ3v) is 4.58. The van der Waals surface area contributed by atoms with Crippen molar-refractivity contribution in [3.63, 3.8) is 0 Å². The van der Waals surface area contributed by atoms with Gasteiger partial charge in [-0.2, -0.15) is 0 Å². The molecule has 0 amide bonds. The Hall–Kier alpha value is -0.750. The number of hydrogen-bond acceptors (Lipinski definition) is 3. The van der Waals surface area contributed by atoms with Crippen molar-refractivity contribution in [3.8, 4) is 10.7 Å². The third-order valence-electron chi connectivity index (χ3n) is 2.49. The molecule has 0 aliphatic heterocycles. The van der Waals surface area contributed by atoms with Gasteiger partial charge in [0.1, 0.15) is 10.7 Å². The predicted molar refractivity (Wildman–Crippen MR) is 80.5 cm³/mol. The fourth-order valence-electron chi connectivity index (χ4n) is 1.68. The highest BCUT2D eigenvalue weighted by Gasteiger charge is 2.15. The van der Waals surface area contributed by atoms with E-state index in [2.05, 4.69) is 25.9 Å². The molecule has 0 atom stereocenters. The molecule has 0 bridgehead atoms. The molecule has 0 aliphatic carbocycles. The highest BCUT2D eigenvalue weighted by atomic mass is 79.9. The van der Waals surface area contributed by atoms with E-state index in [1.54, 1.807) is 12.1 Å². The Morgan fingerprint density at radius 2 is 2.00 bits per heavy atom. The van der Waals surface area contributed by atoms with E-state index in [1.807, 2.05) is 5.38 Å². The zero-order chi connectivity index (χ0) is 13.6. The van der Waals surface area contributed by atoms with Gasteiger partial charge in [-0.1, -0.05) is 39.1 Å². The summed E-state index contributed by atoms with van der Waals surface area (Å²) in [5.41, 5.74) is 0.183. The minimum Gasteiger partial charge on any atom is -0.224 e. The average molecular weight is 378 g/mol. The molecule has 0 unspecified atom stereocenters. The monoisotopic (exact) mass is 376 g/mol. The highest BCUT2D eigenvalue weighted by molar-refractivity contribution is 9.10. The number of aromatic nitrogens is 2. The molecule has 0 spiro atoms. The van der Waals surface area contributed by atoms with E-state index in [0.717, 1.165) is 0 Å². The standard InChI is InChI=1S/C12H4BrCl2FN2S/c13-5-3-6-9(8(16)4-5)17-12(18-11(6)15)10-7(14)1-2-19-10/h1-4H. The molecule has 0 saturated carbocycles. The Kier molecular flexibility index (Phi) is 3.47. The average Bonchev–Trinajstić information content (AvgIpc) is 2.76. The summed E-state index contributed by atoms with van der Waals surface area (Å²) in [7, 11) is 0. The van der Waals surface area contributed by atoms with Crippen molar-refractivity contribution in [2.24, 2.45) is 0 Å². The molecule has 0 aliphatic rings. The van der Waals surface area contributed by atoms with Crippen LogP contribution in [0.15, 0.2) is 28.1 Å². The molecule has 0 radical (unpaired) electrons. The first-order chi connectivity index (χ1) is 9.06. The largest absolute Gasteiger partial charge is 0.224 e. The first-order valence-electron chi connectivity index (χ1n) is 5.12. The van der Waals surface area contributed by atoms with Crippen LogP contribution in [0.1, 0.15) is 0 Å². The van der Waals surface area contributed by atoms with Gasteiger partial charge in [0.2, 0.25) is 0 Å². The zero-order valence-corrected chi connectivity index (χ0v) is 13.0. The quantitative estimate of drug-likeness (QED) is 0.518. The minimum absolute atomic E-state index is 0.183. The van der Waals surface area contributed by atoms with Gasteiger partial charge in [-0.25, -0.2) is 14.4 Å². The van der Waals surface area contributed by atoms with Crippen molar-refractivity contribution in [2.75, 3.05) is 0 Å². The minimum atomic E-state index is -0.456. The van der Waals surface area contributed by atoms with Crippen LogP contribution in [0.4, 0.5) is 4.39 Å². The highest BCUT2D eigenvalue weighted by Crippen LogP contribution is 2.34. The summed E-state index contributed by atoms with van der Waals surface area (Å²) in [5, 5.41) is 3.00. The second-order valence-corrected chi connectivity index (χ2v) is 6.32. The van der Waals surface area contributed by atoms with E-state index in [1.165, 1.54) is 17.4 Å². The molecular formula is C12H4BrCl2FN2S. The summed E-state index contributed by atoms with van der Waals surface area (Å²) >= 11 is 16.7. The molecule has 2 aromatic heterocycles. The van der Waals surface area contributed by atoms with E-state index in [9.17, 15) is 4.39 Å². The van der Waals surface area contributed by atoms with Crippen molar-refractivity contribution in [2.45, 2.75) is 0 Å². The van der Waals surface area contributed by atoms with Crippen LogP contribution in [0.3, 0.4) is 0 Å². The maximum Gasteiger partial charge on any atom is 0.173 e. The predicted octanol–water partition coefficient (Wildman–Crippen LogP) is 5.57. The van der Waals surface area contributed by atoms with Crippen molar-refractivity contribution in [1.29, 1.82) is 0 Å². The van der Waals surface area contributed by atoms with Crippen molar-refractivity contribution in [1.82, 2.24) is 9.97 Å². The molecular weight excluding hydrogens is 374 g/mol. The second kappa shape index (κ2) is 4.98. The molecule has 0 fully saturated rings. The Labute approximate surface area is 130 Å². The van der Waals surface area contributed by atoms with Gasteiger partial charge < -0.3 is 0 Å². The van der Waals surface area contributed by atoms with Crippen LogP contribution in [-0.2, 0) is 0 Å². The molecule has 2 heterocycles. The van der Waals surface area contributed by atoms with Crippen molar-refractivity contribution in [3.05, 3.63) is 44.0 Å². The van der Waals surface area contributed by atoms with Gasteiger partial charge in [0.25, 0.3) is 0 Å². The third kappa shape index (κ3) is 2.36. The lowest BCUT2D eigenvalue weighted by Crippen LogP contribution is -1.93. The topological polar surface area (TPSA) is 25.8 Å². The van der Waals surface area contributed by atoms with Gasteiger partial charge in [-0.15, -0.1) is 11.3 Å². The summed E-state index contributed by atoms with van der Waals surface area (Å²) in [6.45, 7) is 0. The number of nitrogens with zero attached hydrogens (tertiary/aromatic N) is 2. The van der Waals surface area contributed by atoms with Gasteiger partial charge in [-0.3, -0.25) is 0 Å². The van der Waals surface area contributed by atoms with E-state index in [-0.39, 0.29) is 10.7 Å². The molecule has 3 rings (SSSR count). The number of benzene rings is 1. The van der Waals surface area contributed by atoms with Crippen LogP contribution in [-0.4, -0.2) is 9.97 Å². The molecule has 7 heteroatoms. The summed E-state index contributed by atoms with van der Waals surface area (Å²) in [6.07, 6.45) is 0. The fourth-order valence-corrected chi connectivity index (χ4v) is 3.40. The lowest BCUT2D eigenvalue weighted by molar-refractivity contribution is 0.636. The van der Waals surface area contributed by atoms with Gasteiger partial charge >= 0.3 is 0 Å². The number of rotatable bonds is 1. The van der Waals surface area contributed by atoms with Crippen molar-refractivity contribution < 1.29 is 4.39 Å². The molecule has 0 saturated heterocycles. The second-order valence-electron chi connectivity index (χ2n) is 3.72. The zero-order valence-electron chi connectivity index (χ0n) is 9.12. The smallest absolute Gasteiger partial charge is 0.173 e. The van der Waals surface area contributed by atoms with E-state index in [4.69, 9.17) is 23.2 Å². The van der Waals surface area contributed by atoms with Gasteiger partial charge in [0.05, 0.1) is 9.90 Å². The van der Waals surface area contributed by atoms with Crippen LogP contribution < -0.4 is 0 Å². The summed E-state index contributed by atoms with van der Waals surface area (Å²) < 4.78 is 14.5. The Balaban J connectivity index is 2.34. The molecule has 1 aromatic carbocycles. The van der Waals surface area contributed by atoms with E-state index in [0.29, 0.717) is 25.6 Å². The molecule has 2 nitrogen and oxygen atoms in total. The number of fused-ring (bicyclic) bond motifs is 1. The van der Waals surface area contributed by atoms with Gasteiger partial charge in [0.15, 0.2) is 11.6 Å². The summed E-state index contributed by atoms with van der Waals surface area (Å²) in [5.74, 6) is -0.124. The van der Waals surface area contributed by atoms with Gasteiger partial charge in [0, 0.05) is 9.86 Å².